The summed E-state index contributed by atoms with van der Waals surface area (Å²) in [5, 5.41) is 3.31. The summed E-state index contributed by atoms with van der Waals surface area (Å²) in [6.45, 7) is 5.42. The van der Waals surface area contributed by atoms with E-state index in [2.05, 4.69) is 22.8 Å². The van der Waals surface area contributed by atoms with Gasteiger partial charge >= 0.3 is 0 Å². The normalized spacial score (nSPS) is 14.3. The molecule has 3 amide bonds. The van der Waals surface area contributed by atoms with Gasteiger partial charge in [0.1, 0.15) is 12.2 Å². The average molecular weight is 666 g/mol. The predicted molar refractivity (Wildman–Crippen MR) is 188 cm³/mol. The Morgan fingerprint density at radius 3 is 2.36 bits per heavy atom. The Morgan fingerprint density at radius 1 is 1.13 bits per heavy atom. The number of amidine groups is 1. The number of terminal acetylenes is 1. The molecule has 0 aromatic heterocycles. The number of hydrogen-bond acceptors (Lipinski definition) is 6. The minimum absolute atomic E-state index is 0.0286. The molecule has 0 unspecified atom stereocenters. The fourth-order valence-corrected chi connectivity index (χ4v) is 5.72. The van der Waals surface area contributed by atoms with E-state index in [0.717, 1.165) is 22.9 Å². The maximum Gasteiger partial charge on any atom is 0.285 e. The number of benzene rings is 3. The molecule has 0 bridgehead atoms. The summed E-state index contributed by atoms with van der Waals surface area (Å²) in [5.74, 6) is 1.04. The van der Waals surface area contributed by atoms with Gasteiger partial charge in [-0.15, -0.1) is 6.42 Å². The summed E-state index contributed by atoms with van der Waals surface area (Å²) in [4.78, 5) is 46.2. The molecule has 8 nitrogen and oxygen atoms in total. The quantitative estimate of drug-likeness (QED) is 0.0995. The van der Waals surface area contributed by atoms with Gasteiger partial charge in [-0.05, 0) is 47.9 Å². The van der Waals surface area contributed by atoms with Crippen molar-refractivity contribution in [3.8, 4) is 23.8 Å². The SMILES string of the molecule is C#CCOc1c(Cl)cc(/C=C2\C(=O)N=C(SCC(=O)NC(c3ccccc3)c3ccccc3)N(C(/C=C\C=C)=C/C)C2=O)cc1OC. The maximum atomic E-state index is 14.0. The Bertz CT molecular complexity index is 1770. The van der Waals surface area contributed by atoms with Gasteiger partial charge in [0.05, 0.1) is 23.9 Å². The fraction of sp³-hybridized carbons (Fsp3) is 0.135. The lowest BCUT2D eigenvalue weighted by atomic mass is 9.99. The van der Waals surface area contributed by atoms with Crippen LogP contribution >= 0.6 is 23.4 Å². The Hall–Kier alpha value is -5.30. The third kappa shape index (κ3) is 8.70. The molecule has 1 aliphatic heterocycles. The number of thioether (sulfide) groups is 1. The first-order valence-corrected chi connectivity index (χ1v) is 15.8. The number of hydrogen-bond donors (Lipinski definition) is 1. The van der Waals surface area contributed by atoms with Crippen molar-refractivity contribution in [2.45, 2.75) is 13.0 Å². The number of rotatable bonds is 12. The molecule has 1 aliphatic rings. The molecule has 0 atom stereocenters. The van der Waals surface area contributed by atoms with E-state index in [0.29, 0.717) is 11.3 Å². The van der Waals surface area contributed by atoms with E-state index in [4.69, 9.17) is 27.5 Å². The first kappa shape index (κ1) is 34.6. The van der Waals surface area contributed by atoms with Crippen LogP contribution in [0.1, 0.15) is 29.7 Å². The Balaban J connectivity index is 1.65. The van der Waals surface area contributed by atoms with Gasteiger partial charge in [-0.1, -0.05) is 115 Å². The third-order valence-corrected chi connectivity index (χ3v) is 7.99. The van der Waals surface area contributed by atoms with E-state index in [9.17, 15) is 14.4 Å². The fourth-order valence-electron chi connectivity index (χ4n) is 4.64. The lowest BCUT2D eigenvalue weighted by molar-refractivity contribution is -0.126. The molecule has 0 saturated carbocycles. The second-order valence-corrected chi connectivity index (χ2v) is 11.2. The number of amides is 3. The first-order chi connectivity index (χ1) is 22.8. The maximum absolute atomic E-state index is 14.0. The molecule has 1 N–H and O–H groups in total. The molecule has 3 aromatic rings. The summed E-state index contributed by atoms with van der Waals surface area (Å²) >= 11 is 7.40. The van der Waals surface area contributed by atoms with Crippen molar-refractivity contribution in [3.63, 3.8) is 0 Å². The van der Waals surface area contributed by atoms with Crippen LogP contribution in [0.2, 0.25) is 5.02 Å². The lowest BCUT2D eigenvalue weighted by Crippen LogP contribution is -2.42. The molecule has 238 valence electrons. The van der Waals surface area contributed by atoms with Gasteiger partial charge in [-0.3, -0.25) is 19.3 Å². The zero-order chi connectivity index (χ0) is 33.8. The number of nitrogens with one attached hydrogen (secondary N) is 1. The Labute approximate surface area is 283 Å². The number of nitrogens with zero attached hydrogens (tertiary/aromatic N) is 2. The van der Waals surface area contributed by atoms with Crippen LogP contribution in [0.5, 0.6) is 11.5 Å². The topological polar surface area (TPSA) is 97.3 Å². The number of carbonyl (C=O) groups excluding carboxylic acids is 3. The van der Waals surface area contributed by atoms with Crippen molar-refractivity contribution in [2.75, 3.05) is 19.5 Å². The first-order valence-electron chi connectivity index (χ1n) is 14.4. The molecule has 10 heteroatoms. The van der Waals surface area contributed by atoms with E-state index < -0.39 is 17.9 Å². The molecule has 0 radical (unpaired) electrons. The van der Waals surface area contributed by atoms with Crippen LogP contribution < -0.4 is 14.8 Å². The van der Waals surface area contributed by atoms with Crippen LogP contribution in [0.4, 0.5) is 0 Å². The molecule has 1 heterocycles. The van der Waals surface area contributed by atoms with Gasteiger partial charge in [-0.25, -0.2) is 0 Å². The summed E-state index contributed by atoms with van der Waals surface area (Å²) in [6, 6.07) is 21.9. The number of methoxy groups -OCH3 is 1. The summed E-state index contributed by atoms with van der Waals surface area (Å²) < 4.78 is 10.9. The van der Waals surface area contributed by atoms with Crippen molar-refractivity contribution in [2.24, 2.45) is 4.99 Å². The van der Waals surface area contributed by atoms with Crippen LogP contribution in [0.25, 0.3) is 6.08 Å². The molecule has 0 aliphatic carbocycles. The van der Waals surface area contributed by atoms with Crippen LogP contribution in [0.3, 0.4) is 0 Å². The van der Waals surface area contributed by atoms with Crippen LogP contribution in [0, 0.1) is 12.3 Å². The second-order valence-electron chi connectivity index (χ2n) is 9.84. The largest absolute Gasteiger partial charge is 0.493 e. The highest BCUT2D eigenvalue weighted by molar-refractivity contribution is 8.14. The van der Waals surface area contributed by atoms with Gasteiger partial charge in [0.2, 0.25) is 5.91 Å². The van der Waals surface area contributed by atoms with Gasteiger partial charge in [0.15, 0.2) is 16.7 Å². The van der Waals surface area contributed by atoms with E-state index in [1.54, 1.807) is 37.3 Å². The average Bonchev–Trinajstić information content (AvgIpc) is 3.09. The molecular formula is C37H32ClN3O5S. The van der Waals surface area contributed by atoms with Crippen molar-refractivity contribution in [1.29, 1.82) is 0 Å². The van der Waals surface area contributed by atoms with Crippen molar-refractivity contribution >= 4 is 52.3 Å². The Morgan fingerprint density at radius 2 is 1.79 bits per heavy atom. The van der Waals surface area contributed by atoms with Crippen LogP contribution in [-0.4, -0.2) is 47.3 Å². The number of aliphatic imine (C=N–C) groups is 1. The minimum Gasteiger partial charge on any atom is -0.493 e. The highest BCUT2D eigenvalue weighted by Gasteiger charge is 2.35. The number of halogens is 1. The number of carbonyl (C=O) groups is 3. The van der Waals surface area contributed by atoms with E-state index >= 15 is 0 Å². The lowest BCUT2D eigenvalue weighted by Gasteiger charge is -2.28. The molecule has 0 saturated heterocycles. The molecule has 47 heavy (non-hydrogen) atoms. The minimum atomic E-state index is -0.772. The third-order valence-electron chi connectivity index (χ3n) is 6.78. The van der Waals surface area contributed by atoms with Crippen molar-refractivity contribution in [3.05, 3.63) is 137 Å². The highest BCUT2D eigenvalue weighted by atomic mass is 35.5. The zero-order valence-electron chi connectivity index (χ0n) is 25.8. The van der Waals surface area contributed by atoms with E-state index in [-0.39, 0.29) is 45.5 Å². The molecule has 0 fully saturated rings. The highest BCUT2D eigenvalue weighted by Crippen LogP contribution is 2.37. The second kappa shape index (κ2) is 16.9. The zero-order valence-corrected chi connectivity index (χ0v) is 27.4. The van der Waals surface area contributed by atoms with Gasteiger partial charge in [-0.2, -0.15) is 4.99 Å². The van der Waals surface area contributed by atoms with E-state index in [1.807, 2.05) is 60.7 Å². The molecular weight excluding hydrogens is 634 g/mol. The van der Waals surface area contributed by atoms with E-state index in [1.165, 1.54) is 24.2 Å². The predicted octanol–water partition coefficient (Wildman–Crippen LogP) is 6.75. The van der Waals surface area contributed by atoms with Crippen molar-refractivity contribution in [1.82, 2.24) is 10.2 Å². The van der Waals surface area contributed by atoms with Gasteiger partial charge < -0.3 is 14.8 Å². The molecule has 0 spiro atoms. The van der Waals surface area contributed by atoms with Crippen LogP contribution in [0.15, 0.2) is 120 Å². The monoisotopic (exact) mass is 665 g/mol. The molecule has 3 aromatic carbocycles. The smallest absolute Gasteiger partial charge is 0.285 e. The number of ether oxygens (including phenoxy) is 2. The standard InChI is InChI=1S/C37H32ClN3O5S/c1-5-8-19-28(7-3)41-36(44)29(21-25-22-30(38)34(46-20-6-2)31(23-25)45-4)35(43)40-37(41)47-24-32(42)39-33(26-15-11-9-12-16-26)27-17-13-10-14-18-27/h2,5,7-19,21-23,33H,1,20,24H2,3-4H3,(H,39,42)/b19-8-,28-7+,29-21+. The van der Waals surface area contributed by atoms with Gasteiger partial charge in [0, 0.05) is 5.70 Å². The summed E-state index contributed by atoms with van der Waals surface area (Å²) in [5.41, 5.74) is 2.44. The van der Waals surface area contributed by atoms with Gasteiger partial charge in [0.25, 0.3) is 11.8 Å². The molecule has 4 rings (SSSR count). The summed E-state index contributed by atoms with van der Waals surface area (Å²) in [6.07, 6.45) is 13.2. The Kier molecular flexibility index (Phi) is 12.4. The van der Waals surface area contributed by atoms with Crippen molar-refractivity contribution < 1.29 is 23.9 Å². The number of allylic oxidation sites excluding steroid dienone is 4. The van der Waals surface area contributed by atoms with Crippen LogP contribution in [-0.2, 0) is 14.4 Å². The summed E-state index contributed by atoms with van der Waals surface area (Å²) in [7, 11) is 1.43.